The van der Waals surface area contributed by atoms with Gasteiger partial charge >= 0.3 is 0 Å². The van der Waals surface area contributed by atoms with Gasteiger partial charge in [0.2, 0.25) is 5.13 Å². The maximum Gasteiger partial charge on any atom is 0.266 e. The predicted molar refractivity (Wildman–Crippen MR) is 134 cm³/mol. The first-order chi connectivity index (χ1) is 15.5. The number of ether oxygens (including phenoxy) is 2. The lowest BCUT2D eigenvalue weighted by Gasteiger charge is -2.11. The van der Waals surface area contributed by atoms with Gasteiger partial charge in [-0.15, -0.1) is 11.3 Å². The van der Waals surface area contributed by atoms with Crippen molar-refractivity contribution in [1.82, 2.24) is 9.88 Å². The standard InChI is InChI=1S/C24H31N3O3S2/c1-5-6-7-8-9-10-13-30-19-12-11-18(14-20(19)29-4)15-21-22(28)27(3)24(32-21)26-23-25-17(2)16-31-23/h11-12,14-16H,5-10,13H2,1-4H3/b21-15-,26-24+. The molecule has 6 nitrogen and oxygen atoms in total. The summed E-state index contributed by atoms with van der Waals surface area (Å²) in [6, 6.07) is 5.75. The van der Waals surface area contributed by atoms with Gasteiger partial charge in [0.1, 0.15) is 0 Å². The normalized spacial score (nSPS) is 16.4. The van der Waals surface area contributed by atoms with Gasteiger partial charge in [-0.2, -0.15) is 4.99 Å². The summed E-state index contributed by atoms with van der Waals surface area (Å²) in [4.78, 5) is 23.7. The highest BCUT2D eigenvalue weighted by molar-refractivity contribution is 8.18. The number of carbonyl (C=O) groups is 1. The van der Waals surface area contributed by atoms with Crippen LogP contribution in [-0.4, -0.2) is 41.7 Å². The van der Waals surface area contributed by atoms with Crippen LogP contribution >= 0.6 is 23.1 Å². The molecule has 8 heteroatoms. The van der Waals surface area contributed by atoms with E-state index in [0.29, 0.717) is 27.6 Å². The van der Waals surface area contributed by atoms with E-state index in [1.54, 1.807) is 19.1 Å². The summed E-state index contributed by atoms with van der Waals surface area (Å²) in [5.74, 6) is 1.32. The summed E-state index contributed by atoms with van der Waals surface area (Å²) in [5, 5.41) is 3.22. The number of rotatable bonds is 11. The van der Waals surface area contributed by atoms with Crippen LogP contribution in [0.25, 0.3) is 6.08 Å². The van der Waals surface area contributed by atoms with Gasteiger partial charge in [-0.3, -0.25) is 9.69 Å². The minimum atomic E-state index is -0.0793. The van der Waals surface area contributed by atoms with Crippen molar-refractivity contribution in [1.29, 1.82) is 0 Å². The number of nitrogens with zero attached hydrogens (tertiary/aromatic N) is 3. The fourth-order valence-electron chi connectivity index (χ4n) is 3.24. The van der Waals surface area contributed by atoms with Crippen LogP contribution in [0.1, 0.15) is 56.7 Å². The molecule has 0 radical (unpaired) electrons. The summed E-state index contributed by atoms with van der Waals surface area (Å²) in [6.45, 7) is 4.83. The highest BCUT2D eigenvalue weighted by atomic mass is 32.2. The van der Waals surface area contributed by atoms with Crippen molar-refractivity contribution in [2.24, 2.45) is 4.99 Å². The topological polar surface area (TPSA) is 64.0 Å². The first kappa shape index (κ1) is 24.3. The number of amides is 1. The van der Waals surface area contributed by atoms with E-state index in [-0.39, 0.29) is 5.91 Å². The van der Waals surface area contributed by atoms with Gasteiger partial charge in [0.25, 0.3) is 5.91 Å². The Morgan fingerprint density at radius 1 is 1.16 bits per heavy atom. The molecule has 0 atom stereocenters. The number of aryl methyl sites for hydroxylation is 1. The number of aliphatic imine (C=N–C) groups is 1. The van der Waals surface area contributed by atoms with Crippen LogP contribution in [-0.2, 0) is 4.79 Å². The highest BCUT2D eigenvalue weighted by Crippen LogP contribution is 2.35. The van der Waals surface area contributed by atoms with E-state index in [0.717, 1.165) is 23.4 Å². The quantitative estimate of drug-likeness (QED) is 0.278. The van der Waals surface area contributed by atoms with E-state index in [1.165, 1.54) is 55.2 Å². The highest BCUT2D eigenvalue weighted by Gasteiger charge is 2.30. The maximum absolute atomic E-state index is 12.7. The Kier molecular flexibility index (Phi) is 9.17. The Morgan fingerprint density at radius 2 is 1.94 bits per heavy atom. The zero-order valence-corrected chi connectivity index (χ0v) is 20.9. The molecular formula is C24H31N3O3S2. The van der Waals surface area contributed by atoms with Crippen LogP contribution in [0.4, 0.5) is 5.13 Å². The van der Waals surface area contributed by atoms with Crippen molar-refractivity contribution < 1.29 is 14.3 Å². The second-order valence-corrected chi connectivity index (χ2v) is 9.51. The molecule has 1 aliphatic rings. The molecule has 0 bridgehead atoms. The van der Waals surface area contributed by atoms with E-state index in [1.807, 2.05) is 36.6 Å². The molecule has 0 aliphatic carbocycles. The number of likely N-dealkylation sites (N-methyl/N-ethyl adjacent to an activating group) is 1. The van der Waals surface area contributed by atoms with Crippen molar-refractivity contribution in [2.45, 2.75) is 52.4 Å². The Hall–Kier alpha value is -2.32. The van der Waals surface area contributed by atoms with Gasteiger partial charge in [0, 0.05) is 12.4 Å². The number of thioether (sulfide) groups is 1. The Morgan fingerprint density at radius 3 is 2.66 bits per heavy atom. The molecule has 0 N–H and O–H groups in total. The molecule has 0 unspecified atom stereocenters. The molecular weight excluding hydrogens is 442 g/mol. The van der Waals surface area contributed by atoms with Crippen molar-refractivity contribution in [3.05, 3.63) is 39.7 Å². The van der Waals surface area contributed by atoms with Gasteiger partial charge in [0.05, 0.1) is 24.3 Å². The van der Waals surface area contributed by atoms with E-state index < -0.39 is 0 Å². The summed E-state index contributed by atoms with van der Waals surface area (Å²) in [5.41, 5.74) is 1.80. The minimum Gasteiger partial charge on any atom is -0.493 e. The molecule has 1 aromatic carbocycles. The molecule has 172 valence electrons. The zero-order valence-electron chi connectivity index (χ0n) is 19.2. The first-order valence-corrected chi connectivity index (χ1v) is 12.7. The van der Waals surface area contributed by atoms with Crippen molar-refractivity contribution in [3.8, 4) is 11.5 Å². The summed E-state index contributed by atoms with van der Waals surface area (Å²) in [6.07, 6.45) is 9.20. The minimum absolute atomic E-state index is 0.0793. The molecule has 32 heavy (non-hydrogen) atoms. The molecule has 0 saturated carbocycles. The number of benzene rings is 1. The van der Waals surface area contributed by atoms with Gasteiger partial charge < -0.3 is 9.47 Å². The average molecular weight is 474 g/mol. The number of amidine groups is 1. The van der Waals surface area contributed by atoms with Gasteiger partial charge in [-0.05, 0) is 48.9 Å². The molecule has 1 aromatic heterocycles. The van der Waals surface area contributed by atoms with Gasteiger partial charge in [0.15, 0.2) is 16.7 Å². The lowest BCUT2D eigenvalue weighted by atomic mass is 10.1. The van der Waals surface area contributed by atoms with Gasteiger partial charge in [-0.25, -0.2) is 4.98 Å². The fourth-order valence-corrected chi connectivity index (χ4v) is 4.93. The molecule has 1 fully saturated rings. The SMILES string of the molecule is CCCCCCCCOc1ccc(/C=C2\S/C(=N/c3nc(C)cs3)N(C)C2=O)cc1OC. The smallest absolute Gasteiger partial charge is 0.266 e. The number of unbranched alkanes of at least 4 members (excludes halogenated alkanes) is 5. The van der Waals surface area contributed by atoms with Gasteiger partial charge in [-0.1, -0.05) is 45.1 Å². The lowest BCUT2D eigenvalue weighted by Crippen LogP contribution is -2.23. The second-order valence-electron chi connectivity index (χ2n) is 7.67. The Balaban J connectivity index is 1.63. The van der Waals surface area contributed by atoms with Crippen molar-refractivity contribution >= 4 is 45.4 Å². The molecule has 2 heterocycles. The van der Waals surface area contributed by atoms with E-state index in [9.17, 15) is 4.79 Å². The van der Waals surface area contributed by atoms with Crippen LogP contribution in [0.3, 0.4) is 0 Å². The number of aromatic nitrogens is 1. The third-order valence-electron chi connectivity index (χ3n) is 5.04. The number of carbonyl (C=O) groups excluding carboxylic acids is 1. The summed E-state index contributed by atoms with van der Waals surface area (Å²) in [7, 11) is 3.36. The maximum atomic E-state index is 12.7. The third-order valence-corrected chi connectivity index (χ3v) is 6.96. The molecule has 2 aromatic rings. The molecule has 1 aliphatic heterocycles. The predicted octanol–water partition coefficient (Wildman–Crippen LogP) is 6.43. The van der Waals surface area contributed by atoms with Crippen molar-refractivity contribution in [2.75, 3.05) is 20.8 Å². The van der Waals surface area contributed by atoms with Crippen molar-refractivity contribution in [3.63, 3.8) is 0 Å². The fraction of sp³-hybridized carbons (Fsp3) is 0.458. The van der Waals surface area contributed by atoms with E-state index >= 15 is 0 Å². The largest absolute Gasteiger partial charge is 0.493 e. The van der Waals surface area contributed by atoms with Crippen LogP contribution < -0.4 is 9.47 Å². The summed E-state index contributed by atoms with van der Waals surface area (Å²) < 4.78 is 11.5. The first-order valence-electron chi connectivity index (χ1n) is 11.0. The Labute approximate surface area is 198 Å². The van der Waals surface area contributed by atoms with Crippen LogP contribution in [0, 0.1) is 6.92 Å². The van der Waals surface area contributed by atoms with Crippen LogP contribution in [0.15, 0.2) is 33.5 Å². The third kappa shape index (κ3) is 6.59. The number of hydrogen-bond acceptors (Lipinski definition) is 7. The molecule has 1 amide bonds. The van der Waals surface area contributed by atoms with E-state index in [4.69, 9.17) is 9.47 Å². The lowest BCUT2D eigenvalue weighted by molar-refractivity contribution is -0.121. The van der Waals surface area contributed by atoms with E-state index in [2.05, 4.69) is 16.9 Å². The second kappa shape index (κ2) is 12.1. The zero-order chi connectivity index (χ0) is 22.9. The average Bonchev–Trinajstić information content (AvgIpc) is 3.31. The monoisotopic (exact) mass is 473 g/mol. The van der Waals surface area contributed by atoms with Crippen LogP contribution in [0.5, 0.6) is 11.5 Å². The molecule has 3 rings (SSSR count). The molecule has 0 spiro atoms. The molecule has 1 saturated heterocycles. The number of thiazole rings is 1. The summed E-state index contributed by atoms with van der Waals surface area (Å²) >= 11 is 2.81. The number of methoxy groups -OCH3 is 1. The number of hydrogen-bond donors (Lipinski definition) is 0. The van der Waals surface area contributed by atoms with Crippen LogP contribution in [0.2, 0.25) is 0 Å². The Bertz CT molecular complexity index is 985.